The summed E-state index contributed by atoms with van der Waals surface area (Å²) < 4.78 is 39.4. The average molecular weight is 288 g/mol. The van der Waals surface area contributed by atoms with Crippen LogP contribution in [-0.2, 0) is 4.74 Å². The van der Waals surface area contributed by atoms with Gasteiger partial charge in [0.2, 0.25) is 0 Å². The summed E-state index contributed by atoms with van der Waals surface area (Å²) in [5.74, 6) is -1.21. The highest BCUT2D eigenvalue weighted by Gasteiger charge is 2.30. The van der Waals surface area contributed by atoms with Gasteiger partial charge in [0.25, 0.3) is 11.8 Å². The lowest BCUT2D eigenvalue weighted by Gasteiger charge is -2.09. The van der Waals surface area contributed by atoms with E-state index in [4.69, 9.17) is 0 Å². The Bertz CT molecular complexity index is 598. The van der Waals surface area contributed by atoms with Crippen LogP contribution in [0.4, 0.5) is 23.7 Å². The number of amides is 3. The van der Waals surface area contributed by atoms with Gasteiger partial charge < -0.3 is 4.74 Å². The van der Waals surface area contributed by atoms with Crippen molar-refractivity contribution in [2.45, 2.75) is 6.18 Å². The van der Waals surface area contributed by atoms with E-state index in [-0.39, 0.29) is 16.8 Å². The van der Waals surface area contributed by atoms with Gasteiger partial charge in [0.1, 0.15) is 0 Å². The van der Waals surface area contributed by atoms with Gasteiger partial charge in [-0.25, -0.2) is 4.79 Å². The van der Waals surface area contributed by atoms with Gasteiger partial charge in [-0.3, -0.25) is 20.2 Å². The predicted octanol–water partition coefficient (Wildman–Crippen LogP) is 1.68. The maximum atomic E-state index is 11.8. The van der Waals surface area contributed by atoms with Crippen LogP contribution in [-0.4, -0.2) is 30.7 Å². The molecule has 2 N–H and O–H groups in total. The maximum Gasteiger partial charge on any atom is 0.422 e. The van der Waals surface area contributed by atoms with Crippen LogP contribution in [0.1, 0.15) is 20.7 Å². The van der Waals surface area contributed by atoms with Crippen molar-refractivity contribution < 1.29 is 32.3 Å². The Morgan fingerprint density at radius 1 is 1.20 bits per heavy atom. The van der Waals surface area contributed by atoms with Crippen LogP contribution < -0.4 is 10.6 Å². The molecular weight excluding hydrogens is 281 g/mol. The van der Waals surface area contributed by atoms with Crippen LogP contribution >= 0.6 is 0 Å². The summed E-state index contributed by atoms with van der Waals surface area (Å²) in [7, 11) is 0. The van der Waals surface area contributed by atoms with E-state index in [1.165, 1.54) is 18.2 Å². The highest BCUT2D eigenvalue weighted by molar-refractivity contribution is 6.21. The molecule has 2 rings (SSSR count). The van der Waals surface area contributed by atoms with Crippen molar-refractivity contribution >= 4 is 23.6 Å². The lowest BCUT2D eigenvalue weighted by Crippen LogP contribution is -2.23. The molecule has 0 atom stereocenters. The third-order valence-electron chi connectivity index (χ3n) is 2.35. The number of benzene rings is 1. The predicted molar refractivity (Wildman–Crippen MR) is 59.3 cm³/mol. The standard InChI is InChI=1S/C11H7F3N2O4/c12-11(13,14)4-20-10(19)15-5-1-2-6-7(3-5)9(18)16-8(6)17/h1-3H,4H2,(H,15,19)(H,16,17,18). The fraction of sp³-hybridized carbons (Fsp3) is 0.182. The molecule has 0 saturated heterocycles. The van der Waals surface area contributed by atoms with Crippen LogP contribution in [0.2, 0.25) is 0 Å². The summed E-state index contributed by atoms with van der Waals surface area (Å²) in [6.45, 7) is -1.72. The van der Waals surface area contributed by atoms with Crippen molar-refractivity contribution in [2.75, 3.05) is 11.9 Å². The largest absolute Gasteiger partial charge is 0.440 e. The fourth-order valence-electron chi connectivity index (χ4n) is 1.55. The van der Waals surface area contributed by atoms with E-state index >= 15 is 0 Å². The van der Waals surface area contributed by atoms with Gasteiger partial charge in [0.15, 0.2) is 6.61 Å². The molecule has 1 aromatic rings. The number of nitrogens with one attached hydrogen (secondary N) is 2. The fourth-order valence-corrected chi connectivity index (χ4v) is 1.55. The number of carbonyl (C=O) groups is 3. The molecule has 3 amide bonds. The summed E-state index contributed by atoms with van der Waals surface area (Å²) in [5.41, 5.74) is 0.202. The number of imide groups is 1. The second kappa shape index (κ2) is 4.83. The highest BCUT2D eigenvalue weighted by Crippen LogP contribution is 2.20. The van der Waals surface area contributed by atoms with Crippen LogP contribution in [0.25, 0.3) is 0 Å². The normalized spacial score (nSPS) is 13.8. The smallest absolute Gasteiger partial charge is 0.422 e. The Kier molecular flexibility index (Phi) is 3.35. The molecule has 0 unspecified atom stereocenters. The van der Waals surface area contributed by atoms with Gasteiger partial charge in [-0.2, -0.15) is 13.2 Å². The third kappa shape index (κ3) is 3.05. The topological polar surface area (TPSA) is 84.5 Å². The van der Waals surface area contributed by atoms with Crippen LogP contribution in [0.3, 0.4) is 0 Å². The van der Waals surface area contributed by atoms with Crippen molar-refractivity contribution in [1.82, 2.24) is 5.32 Å². The number of halogens is 3. The molecule has 0 aromatic heterocycles. The zero-order valence-electron chi connectivity index (χ0n) is 9.71. The Morgan fingerprint density at radius 2 is 1.85 bits per heavy atom. The Balaban J connectivity index is 2.05. The zero-order valence-corrected chi connectivity index (χ0v) is 9.71. The molecular formula is C11H7F3N2O4. The van der Waals surface area contributed by atoms with Crippen LogP contribution in [0, 0.1) is 0 Å². The van der Waals surface area contributed by atoms with Crippen molar-refractivity contribution in [3.8, 4) is 0 Å². The van der Waals surface area contributed by atoms with Gasteiger partial charge in [-0.1, -0.05) is 0 Å². The molecule has 1 aromatic carbocycles. The molecule has 20 heavy (non-hydrogen) atoms. The van der Waals surface area contributed by atoms with E-state index < -0.39 is 30.7 Å². The number of anilines is 1. The Morgan fingerprint density at radius 3 is 2.50 bits per heavy atom. The zero-order chi connectivity index (χ0) is 14.9. The quantitative estimate of drug-likeness (QED) is 0.811. The van der Waals surface area contributed by atoms with Gasteiger partial charge in [-0.15, -0.1) is 0 Å². The molecule has 9 heteroatoms. The number of ether oxygens (including phenoxy) is 1. The second-order valence-electron chi connectivity index (χ2n) is 3.86. The minimum absolute atomic E-state index is 0.0311. The van der Waals surface area contributed by atoms with E-state index in [0.717, 1.165) is 0 Å². The first-order chi connectivity index (χ1) is 9.26. The first-order valence-corrected chi connectivity index (χ1v) is 5.26. The van der Waals surface area contributed by atoms with E-state index in [9.17, 15) is 27.6 Å². The lowest BCUT2D eigenvalue weighted by atomic mass is 10.1. The molecule has 0 fully saturated rings. The lowest BCUT2D eigenvalue weighted by molar-refractivity contribution is -0.159. The Labute approximate surface area is 109 Å². The number of rotatable bonds is 2. The van der Waals surface area contributed by atoms with Crippen LogP contribution in [0.5, 0.6) is 0 Å². The molecule has 0 saturated carbocycles. The second-order valence-corrected chi connectivity index (χ2v) is 3.86. The highest BCUT2D eigenvalue weighted by atomic mass is 19.4. The van der Waals surface area contributed by atoms with Crippen LogP contribution in [0.15, 0.2) is 18.2 Å². The first-order valence-electron chi connectivity index (χ1n) is 5.26. The van der Waals surface area contributed by atoms with E-state index in [1.54, 1.807) is 0 Å². The SMILES string of the molecule is O=C(Nc1ccc2c(c1)C(=O)NC2=O)OCC(F)(F)F. The van der Waals surface area contributed by atoms with Crippen molar-refractivity contribution in [3.05, 3.63) is 29.3 Å². The summed E-state index contributed by atoms with van der Waals surface area (Å²) in [5, 5.41) is 4.06. The number of carbonyl (C=O) groups excluding carboxylic acids is 3. The van der Waals surface area contributed by atoms with Gasteiger partial charge in [0, 0.05) is 5.69 Å². The summed E-state index contributed by atoms with van der Waals surface area (Å²) in [6.07, 6.45) is -5.94. The Hall–Kier alpha value is -2.58. The summed E-state index contributed by atoms with van der Waals surface area (Å²) >= 11 is 0. The van der Waals surface area contributed by atoms with Crippen molar-refractivity contribution in [3.63, 3.8) is 0 Å². The molecule has 1 aliphatic heterocycles. The first kappa shape index (κ1) is 13.8. The van der Waals surface area contributed by atoms with Gasteiger partial charge in [-0.05, 0) is 18.2 Å². The molecule has 1 heterocycles. The minimum atomic E-state index is -4.62. The molecule has 1 aliphatic rings. The minimum Gasteiger partial charge on any atom is -0.440 e. The third-order valence-corrected chi connectivity index (χ3v) is 2.35. The van der Waals surface area contributed by atoms with E-state index in [1.807, 2.05) is 10.6 Å². The monoisotopic (exact) mass is 288 g/mol. The van der Waals surface area contributed by atoms with Gasteiger partial charge in [0.05, 0.1) is 11.1 Å². The van der Waals surface area contributed by atoms with Crippen molar-refractivity contribution in [2.24, 2.45) is 0 Å². The van der Waals surface area contributed by atoms with E-state index in [2.05, 4.69) is 4.74 Å². The van der Waals surface area contributed by atoms with E-state index in [0.29, 0.717) is 0 Å². The molecule has 0 aliphatic carbocycles. The molecule has 6 nitrogen and oxygen atoms in total. The number of fused-ring (bicyclic) bond motifs is 1. The number of hydrogen-bond donors (Lipinski definition) is 2. The average Bonchev–Trinajstić information content (AvgIpc) is 2.62. The maximum absolute atomic E-state index is 11.8. The number of hydrogen-bond acceptors (Lipinski definition) is 4. The summed E-state index contributed by atoms with van der Waals surface area (Å²) in [6, 6.07) is 3.71. The molecule has 0 bridgehead atoms. The van der Waals surface area contributed by atoms with Crippen molar-refractivity contribution in [1.29, 1.82) is 0 Å². The molecule has 0 spiro atoms. The van der Waals surface area contributed by atoms with Gasteiger partial charge >= 0.3 is 12.3 Å². The molecule has 106 valence electrons. The molecule has 0 radical (unpaired) electrons. The summed E-state index contributed by atoms with van der Waals surface area (Å²) in [4.78, 5) is 33.7. The number of alkyl halides is 3.